The Bertz CT molecular complexity index is 1850. The number of benzene rings is 3. The zero-order chi connectivity index (χ0) is 33.5. The van der Waals surface area contributed by atoms with Gasteiger partial charge in [0.1, 0.15) is 17.2 Å². The molecule has 0 aliphatic heterocycles. The van der Waals surface area contributed by atoms with Crippen LogP contribution < -0.4 is 21.1 Å². The number of nitrogens with zero attached hydrogens (tertiary/aromatic N) is 2. The lowest BCUT2D eigenvalue weighted by Crippen LogP contribution is -2.37. The molecular formula is C31H34N6O7S2. The Hall–Kier alpha value is -4.86. The van der Waals surface area contributed by atoms with E-state index in [0.717, 1.165) is 10.2 Å². The highest BCUT2D eigenvalue weighted by atomic mass is 32.2. The van der Waals surface area contributed by atoms with Crippen LogP contribution in [0.25, 0.3) is 10.2 Å². The molecular weight excluding hydrogens is 633 g/mol. The predicted octanol–water partition coefficient (Wildman–Crippen LogP) is 4.21. The van der Waals surface area contributed by atoms with Crippen molar-refractivity contribution in [1.82, 2.24) is 15.0 Å². The van der Waals surface area contributed by atoms with Crippen molar-refractivity contribution in [2.75, 3.05) is 11.9 Å². The normalized spacial score (nSPS) is 12.7. The van der Waals surface area contributed by atoms with Crippen molar-refractivity contribution in [1.29, 1.82) is 0 Å². The van der Waals surface area contributed by atoms with E-state index in [1.165, 1.54) is 42.5 Å². The zero-order valence-electron chi connectivity index (χ0n) is 25.6. The van der Waals surface area contributed by atoms with Crippen LogP contribution in [-0.2, 0) is 35.6 Å². The Kier molecular flexibility index (Phi) is 10.7. The molecule has 0 saturated heterocycles. The molecule has 3 aromatic carbocycles. The highest BCUT2D eigenvalue weighted by Crippen LogP contribution is 2.30. The summed E-state index contributed by atoms with van der Waals surface area (Å²) in [4.78, 5) is 44.7. The number of fused-ring (bicyclic) bond motifs is 1. The topological polar surface area (TPSA) is 191 Å². The van der Waals surface area contributed by atoms with Gasteiger partial charge in [-0.25, -0.2) is 27.7 Å². The van der Waals surface area contributed by atoms with Crippen molar-refractivity contribution in [3.05, 3.63) is 88.9 Å². The minimum Gasteiger partial charge on any atom is -0.444 e. The van der Waals surface area contributed by atoms with E-state index >= 15 is 0 Å². The summed E-state index contributed by atoms with van der Waals surface area (Å²) >= 11 is 1.36. The van der Waals surface area contributed by atoms with Gasteiger partial charge in [0, 0.05) is 18.2 Å². The van der Waals surface area contributed by atoms with E-state index in [1.807, 2.05) is 24.3 Å². The van der Waals surface area contributed by atoms with Gasteiger partial charge in [-0.15, -0.1) is 11.3 Å². The number of amides is 2. The second-order valence-electron chi connectivity index (χ2n) is 11.1. The molecule has 0 bridgehead atoms. The summed E-state index contributed by atoms with van der Waals surface area (Å²) in [6.07, 6.45) is -0.561. The number of ether oxygens (including phenoxy) is 1. The maximum absolute atomic E-state index is 13.7. The van der Waals surface area contributed by atoms with Gasteiger partial charge in [-0.05, 0) is 69.2 Å². The summed E-state index contributed by atoms with van der Waals surface area (Å²) in [5, 5.41) is 9.11. The van der Waals surface area contributed by atoms with Gasteiger partial charge in [0.25, 0.3) is 0 Å². The molecule has 0 radical (unpaired) electrons. The lowest BCUT2D eigenvalue weighted by molar-refractivity contribution is -0.140. The molecule has 0 aliphatic carbocycles. The Morgan fingerprint density at radius 2 is 1.76 bits per heavy atom. The van der Waals surface area contributed by atoms with Crippen molar-refractivity contribution < 1.29 is 32.4 Å². The lowest BCUT2D eigenvalue weighted by atomic mass is 10.0. The molecule has 242 valence electrons. The van der Waals surface area contributed by atoms with E-state index in [2.05, 4.69) is 25.3 Å². The van der Waals surface area contributed by atoms with Crippen molar-refractivity contribution in [3.63, 3.8) is 0 Å². The molecule has 46 heavy (non-hydrogen) atoms. The number of para-hydroxylation sites is 1. The Balaban J connectivity index is 1.56. The lowest BCUT2D eigenvalue weighted by Gasteiger charge is -2.19. The summed E-state index contributed by atoms with van der Waals surface area (Å²) in [7, 11) is -4.14. The third-order valence-corrected chi connectivity index (χ3v) is 8.68. The second-order valence-corrected chi connectivity index (χ2v) is 13.9. The Morgan fingerprint density at radius 3 is 2.48 bits per heavy atom. The maximum atomic E-state index is 13.7. The van der Waals surface area contributed by atoms with Gasteiger partial charge in [-0.2, -0.15) is 0 Å². The highest BCUT2D eigenvalue weighted by molar-refractivity contribution is 7.89. The summed E-state index contributed by atoms with van der Waals surface area (Å²) in [5.41, 5.74) is 7.39. The van der Waals surface area contributed by atoms with Crippen LogP contribution in [-0.4, -0.2) is 49.4 Å². The molecule has 1 aromatic heterocycles. The predicted molar refractivity (Wildman–Crippen MR) is 175 cm³/mol. The molecule has 4 aromatic rings. The van der Waals surface area contributed by atoms with Crippen LogP contribution in [0.2, 0.25) is 0 Å². The van der Waals surface area contributed by atoms with E-state index in [-0.39, 0.29) is 29.4 Å². The maximum Gasteiger partial charge on any atom is 0.408 e. The fraction of sp³-hybridized carbons (Fsp3) is 0.258. The van der Waals surface area contributed by atoms with Crippen LogP contribution in [0.1, 0.15) is 49.9 Å². The number of thiazole rings is 1. The number of carbonyl (C=O) groups is 3. The highest BCUT2D eigenvalue weighted by Gasteiger charge is 2.25. The number of amidine groups is 1. The number of alkyl carbamates (subject to hydrolysis) is 1. The quantitative estimate of drug-likeness (QED) is 0.0786. The first-order chi connectivity index (χ1) is 21.7. The van der Waals surface area contributed by atoms with E-state index in [4.69, 9.17) is 15.5 Å². The third kappa shape index (κ3) is 9.82. The molecule has 15 heteroatoms. The average Bonchev–Trinajstić information content (AvgIpc) is 3.42. The molecule has 0 saturated carbocycles. The number of oxime groups is 1. The summed E-state index contributed by atoms with van der Waals surface area (Å²) in [5.74, 6) is -1.21. The number of nitrogens with one attached hydrogen (secondary N) is 3. The Labute approximate surface area is 270 Å². The average molecular weight is 667 g/mol. The molecule has 0 spiro atoms. The summed E-state index contributed by atoms with van der Waals surface area (Å²) < 4.78 is 36.2. The van der Waals surface area contributed by atoms with Gasteiger partial charge in [-0.3, -0.25) is 4.79 Å². The van der Waals surface area contributed by atoms with Crippen LogP contribution in [0.15, 0.2) is 82.8 Å². The van der Waals surface area contributed by atoms with Gasteiger partial charge in [0.15, 0.2) is 5.84 Å². The second kappa shape index (κ2) is 14.5. The number of aromatic nitrogens is 1. The molecule has 2 amide bonds. The fourth-order valence-electron chi connectivity index (χ4n) is 4.15. The van der Waals surface area contributed by atoms with Crippen molar-refractivity contribution in [2.24, 2.45) is 10.9 Å². The van der Waals surface area contributed by atoms with Crippen LogP contribution in [0.4, 0.5) is 10.5 Å². The summed E-state index contributed by atoms with van der Waals surface area (Å²) in [6.45, 7) is 5.92. The van der Waals surface area contributed by atoms with Crippen molar-refractivity contribution in [2.45, 2.75) is 50.7 Å². The first-order valence-electron chi connectivity index (χ1n) is 14.0. The van der Waals surface area contributed by atoms with Crippen molar-refractivity contribution >= 4 is 61.1 Å². The van der Waals surface area contributed by atoms with Crippen LogP contribution in [0, 0.1) is 0 Å². The van der Waals surface area contributed by atoms with Crippen LogP contribution in [0.3, 0.4) is 0 Å². The van der Waals surface area contributed by atoms with E-state index in [9.17, 15) is 22.8 Å². The zero-order valence-corrected chi connectivity index (χ0v) is 27.2. The van der Waals surface area contributed by atoms with Gasteiger partial charge >= 0.3 is 12.1 Å². The van der Waals surface area contributed by atoms with Crippen molar-refractivity contribution in [3.8, 4) is 0 Å². The third-order valence-electron chi connectivity index (χ3n) is 6.06. The number of hydrogen-bond donors (Lipinski definition) is 4. The minimum absolute atomic E-state index is 0.0191. The largest absolute Gasteiger partial charge is 0.444 e. The first-order valence-corrected chi connectivity index (χ1v) is 16.3. The minimum atomic E-state index is -4.14. The molecule has 0 fully saturated rings. The monoisotopic (exact) mass is 666 g/mol. The molecule has 4 rings (SSSR count). The number of anilines is 1. The smallest absolute Gasteiger partial charge is 0.408 e. The van der Waals surface area contributed by atoms with Gasteiger partial charge in [0.2, 0.25) is 15.9 Å². The molecule has 0 aliphatic rings. The number of rotatable bonds is 11. The first kappa shape index (κ1) is 34.0. The standard InChI is InChI=1S/C31H34N6O7S2/c1-19(38)44-36-28(32)21-10-7-9-20(15-21)16-25(29-35-24-13-5-6-14-26(24)45-29)37-46(41,42)23-12-8-11-22(17-23)34-27(39)18-33-30(40)43-31(2,3)4/h5-15,17,25,37H,16,18H2,1-4H3,(H2,32,36)(H,33,40)(H,34,39). The van der Waals surface area contributed by atoms with Gasteiger partial charge in [0.05, 0.1) is 21.2 Å². The van der Waals surface area contributed by atoms with E-state index < -0.39 is 39.6 Å². The van der Waals surface area contributed by atoms with Crippen LogP contribution in [0.5, 0.6) is 0 Å². The Morgan fingerprint density at radius 1 is 1.02 bits per heavy atom. The van der Waals surface area contributed by atoms with Gasteiger partial charge < -0.3 is 25.9 Å². The van der Waals surface area contributed by atoms with Crippen LogP contribution >= 0.6 is 11.3 Å². The molecule has 1 atom stereocenters. The SMILES string of the molecule is CC(=O)ON=C(N)c1cccc(CC(NS(=O)(=O)c2cccc(NC(=O)CNC(=O)OC(C)(C)C)c2)c2nc3ccccc3s2)c1. The number of sulfonamides is 1. The van der Waals surface area contributed by atoms with E-state index in [1.54, 1.807) is 45.0 Å². The summed E-state index contributed by atoms with van der Waals surface area (Å²) in [6, 6.07) is 19.4. The molecule has 13 nitrogen and oxygen atoms in total. The van der Waals surface area contributed by atoms with E-state index in [0.29, 0.717) is 16.1 Å². The fourth-order valence-corrected chi connectivity index (χ4v) is 6.48. The number of carbonyl (C=O) groups excluding carboxylic acids is 3. The molecule has 1 unspecified atom stereocenters. The molecule has 1 heterocycles. The number of hydrogen-bond acceptors (Lipinski definition) is 10. The van der Waals surface area contributed by atoms with Gasteiger partial charge in [-0.1, -0.05) is 41.6 Å². The molecule has 5 N–H and O–H groups in total. The number of nitrogens with two attached hydrogens (primary N) is 1.